The van der Waals surface area contributed by atoms with Crippen LogP contribution in [0.15, 0.2) is 0 Å². The smallest absolute Gasteiger partial charge is 0.0165 e. The van der Waals surface area contributed by atoms with Gasteiger partial charge in [-0.3, -0.25) is 0 Å². The van der Waals surface area contributed by atoms with Crippen molar-refractivity contribution < 1.29 is 0 Å². The molecule has 0 aromatic heterocycles. The molecule has 1 unspecified atom stereocenters. The molecule has 0 radical (unpaired) electrons. The third kappa shape index (κ3) is 5.20. The maximum Gasteiger partial charge on any atom is 0.0165 e. The summed E-state index contributed by atoms with van der Waals surface area (Å²) in [6.45, 7) is 4.51. The van der Waals surface area contributed by atoms with Crippen LogP contribution in [0, 0.1) is 0 Å². The Balaban J connectivity index is -0.000000163. The van der Waals surface area contributed by atoms with Crippen LogP contribution in [-0.2, 0) is 0 Å². The van der Waals surface area contributed by atoms with Crippen LogP contribution in [0.3, 0.4) is 0 Å². The summed E-state index contributed by atoms with van der Waals surface area (Å²) in [5, 5.41) is 3.41. The van der Waals surface area contributed by atoms with Crippen molar-refractivity contribution in [2.45, 2.75) is 41.7 Å². The number of nitrogens with one attached hydrogen (secondary N) is 1. The standard InChI is InChI=1S/C5H12NP.3CH4/c1-5(2)3-7-4-6-5;;;/h6-7H,3-4H2,1-2H3;3*1H4. The Bertz CT molecular complexity index is 63.7. The van der Waals surface area contributed by atoms with Gasteiger partial charge in [-0.2, -0.15) is 0 Å². The van der Waals surface area contributed by atoms with E-state index >= 15 is 0 Å². The zero-order chi connectivity index (χ0) is 5.33. The SMILES string of the molecule is C.C.C.CC1(C)CPCN1. The van der Waals surface area contributed by atoms with Gasteiger partial charge in [0.1, 0.15) is 0 Å². The van der Waals surface area contributed by atoms with Crippen molar-refractivity contribution in [3.8, 4) is 0 Å². The van der Waals surface area contributed by atoms with Crippen LogP contribution in [0.5, 0.6) is 0 Å². The molecule has 1 nitrogen and oxygen atoms in total. The Morgan fingerprint density at radius 1 is 1.20 bits per heavy atom. The summed E-state index contributed by atoms with van der Waals surface area (Å²) in [6, 6.07) is 0. The van der Waals surface area contributed by atoms with E-state index in [-0.39, 0.29) is 22.3 Å². The van der Waals surface area contributed by atoms with E-state index in [1.807, 2.05) is 0 Å². The Morgan fingerprint density at radius 3 is 1.80 bits per heavy atom. The summed E-state index contributed by atoms with van der Waals surface area (Å²) in [5.74, 6) is 0. The molecular formula is C8H24NP. The quantitative estimate of drug-likeness (QED) is 0.544. The van der Waals surface area contributed by atoms with E-state index in [0.29, 0.717) is 5.54 Å². The lowest BCUT2D eigenvalue weighted by Gasteiger charge is -2.15. The van der Waals surface area contributed by atoms with Crippen LogP contribution >= 0.6 is 8.58 Å². The van der Waals surface area contributed by atoms with Gasteiger partial charge in [0.05, 0.1) is 0 Å². The second-order valence-electron chi connectivity index (χ2n) is 2.66. The minimum Gasteiger partial charge on any atom is -0.308 e. The van der Waals surface area contributed by atoms with Gasteiger partial charge in [-0.25, -0.2) is 0 Å². The van der Waals surface area contributed by atoms with Crippen LogP contribution in [0.4, 0.5) is 0 Å². The fourth-order valence-corrected chi connectivity index (χ4v) is 2.22. The monoisotopic (exact) mass is 165 g/mol. The molecule has 0 spiro atoms. The van der Waals surface area contributed by atoms with Gasteiger partial charge in [0.25, 0.3) is 0 Å². The van der Waals surface area contributed by atoms with Crippen LogP contribution in [0.1, 0.15) is 36.1 Å². The average Bonchev–Trinajstić information content (AvgIpc) is 1.84. The predicted molar refractivity (Wildman–Crippen MR) is 55.5 cm³/mol. The topological polar surface area (TPSA) is 12.0 Å². The highest BCUT2D eigenvalue weighted by Crippen LogP contribution is 2.24. The first-order chi connectivity index (χ1) is 3.21. The van der Waals surface area contributed by atoms with E-state index in [1.54, 1.807) is 0 Å². The largest absolute Gasteiger partial charge is 0.308 e. The Morgan fingerprint density at radius 2 is 1.70 bits per heavy atom. The summed E-state index contributed by atoms with van der Waals surface area (Å²) in [4.78, 5) is 0. The van der Waals surface area contributed by atoms with Crippen molar-refractivity contribution in [1.29, 1.82) is 0 Å². The molecule has 1 N–H and O–H groups in total. The molecule has 0 aliphatic carbocycles. The lowest BCUT2D eigenvalue weighted by molar-refractivity contribution is 0.491. The van der Waals surface area contributed by atoms with Crippen molar-refractivity contribution in [3.63, 3.8) is 0 Å². The number of hydrogen-bond donors (Lipinski definition) is 1. The first kappa shape index (κ1) is 16.8. The van der Waals surface area contributed by atoms with Gasteiger partial charge in [-0.1, -0.05) is 22.3 Å². The third-order valence-electron chi connectivity index (χ3n) is 1.26. The first-order valence-electron chi connectivity index (χ1n) is 2.66. The summed E-state index contributed by atoms with van der Waals surface area (Å²) in [6.07, 6.45) is 2.61. The van der Waals surface area contributed by atoms with E-state index in [0.717, 1.165) is 8.58 Å². The van der Waals surface area contributed by atoms with Crippen LogP contribution in [-0.4, -0.2) is 18.0 Å². The molecule has 1 saturated heterocycles. The molecule has 0 amide bonds. The lowest BCUT2D eigenvalue weighted by atomic mass is 10.1. The molecule has 1 atom stereocenters. The molecule has 1 fully saturated rings. The third-order valence-corrected chi connectivity index (χ3v) is 2.82. The van der Waals surface area contributed by atoms with E-state index in [2.05, 4.69) is 19.2 Å². The van der Waals surface area contributed by atoms with Crippen molar-refractivity contribution in [3.05, 3.63) is 0 Å². The molecule has 2 heteroatoms. The second-order valence-corrected chi connectivity index (χ2v) is 3.87. The molecule has 1 aliphatic rings. The highest BCUT2D eigenvalue weighted by Gasteiger charge is 2.20. The van der Waals surface area contributed by atoms with Gasteiger partial charge in [-0.05, 0) is 20.0 Å². The second kappa shape index (κ2) is 6.12. The van der Waals surface area contributed by atoms with Gasteiger partial charge in [-0.15, -0.1) is 8.58 Å². The van der Waals surface area contributed by atoms with Gasteiger partial charge in [0.2, 0.25) is 0 Å². The zero-order valence-corrected chi connectivity index (χ0v) is 5.91. The Labute approximate surface area is 68.8 Å². The predicted octanol–water partition coefficient (Wildman–Crippen LogP) is 2.91. The maximum absolute atomic E-state index is 3.41. The Hall–Kier alpha value is 0.390. The molecule has 0 aromatic rings. The average molecular weight is 165 g/mol. The minimum atomic E-state index is 0. The summed E-state index contributed by atoms with van der Waals surface area (Å²) >= 11 is 0. The molecular weight excluding hydrogens is 141 g/mol. The first-order valence-corrected chi connectivity index (χ1v) is 4.08. The van der Waals surface area contributed by atoms with Crippen molar-refractivity contribution in [2.75, 3.05) is 12.4 Å². The highest BCUT2D eigenvalue weighted by molar-refractivity contribution is 7.38. The van der Waals surface area contributed by atoms with Gasteiger partial charge in [0.15, 0.2) is 0 Å². The highest BCUT2D eigenvalue weighted by atomic mass is 31.1. The van der Waals surface area contributed by atoms with E-state index in [1.165, 1.54) is 12.4 Å². The van der Waals surface area contributed by atoms with E-state index in [9.17, 15) is 0 Å². The number of rotatable bonds is 0. The van der Waals surface area contributed by atoms with E-state index < -0.39 is 0 Å². The fraction of sp³-hybridized carbons (Fsp3) is 1.00. The van der Waals surface area contributed by atoms with Gasteiger partial charge < -0.3 is 5.32 Å². The van der Waals surface area contributed by atoms with Crippen LogP contribution < -0.4 is 5.32 Å². The summed E-state index contributed by atoms with van der Waals surface area (Å²) in [7, 11) is 1.15. The maximum atomic E-state index is 3.41. The summed E-state index contributed by atoms with van der Waals surface area (Å²) in [5.41, 5.74) is 0.457. The molecule has 0 saturated carbocycles. The van der Waals surface area contributed by atoms with Gasteiger partial charge >= 0.3 is 0 Å². The molecule has 0 aromatic carbocycles. The fourth-order valence-electron chi connectivity index (χ4n) is 0.739. The molecule has 1 aliphatic heterocycles. The van der Waals surface area contributed by atoms with Crippen molar-refractivity contribution in [1.82, 2.24) is 5.32 Å². The van der Waals surface area contributed by atoms with Crippen molar-refractivity contribution >= 4 is 8.58 Å². The Kier molecular flexibility index (Phi) is 10.3. The lowest BCUT2D eigenvalue weighted by Crippen LogP contribution is -2.34. The molecule has 0 bridgehead atoms. The number of hydrogen-bond acceptors (Lipinski definition) is 1. The summed E-state index contributed by atoms with van der Waals surface area (Å²) < 4.78 is 0. The van der Waals surface area contributed by atoms with E-state index in [4.69, 9.17) is 0 Å². The zero-order valence-electron chi connectivity index (χ0n) is 4.91. The normalized spacial score (nSPS) is 22.2. The molecule has 10 heavy (non-hydrogen) atoms. The van der Waals surface area contributed by atoms with Crippen molar-refractivity contribution in [2.24, 2.45) is 0 Å². The van der Waals surface area contributed by atoms with Crippen LogP contribution in [0.25, 0.3) is 0 Å². The van der Waals surface area contributed by atoms with Crippen LogP contribution in [0.2, 0.25) is 0 Å². The molecule has 1 heterocycles. The minimum absolute atomic E-state index is 0. The van der Waals surface area contributed by atoms with Gasteiger partial charge in [0, 0.05) is 11.8 Å². The molecule has 66 valence electrons. The molecule has 1 rings (SSSR count).